The van der Waals surface area contributed by atoms with Gasteiger partial charge in [0.2, 0.25) is 0 Å². The predicted molar refractivity (Wildman–Crippen MR) is 71.9 cm³/mol. The summed E-state index contributed by atoms with van der Waals surface area (Å²) in [6, 6.07) is 6.31. The Hall–Kier alpha value is -2.50. The summed E-state index contributed by atoms with van der Waals surface area (Å²) in [6.45, 7) is 0.455. The van der Waals surface area contributed by atoms with E-state index in [1.165, 1.54) is 31.6 Å². The van der Waals surface area contributed by atoms with Crippen molar-refractivity contribution >= 4 is 11.8 Å². The van der Waals surface area contributed by atoms with Gasteiger partial charge < -0.3 is 9.64 Å². The van der Waals surface area contributed by atoms with E-state index in [-0.39, 0.29) is 11.5 Å². The van der Waals surface area contributed by atoms with Gasteiger partial charge in [-0.25, -0.2) is 14.2 Å². The van der Waals surface area contributed by atoms with Crippen molar-refractivity contribution in [3.8, 4) is 0 Å². The van der Waals surface area contributed by atoms with E-state index in [4.69, 9.17) is 0 Å². The van der Waals surface area contributed by atoms with Crippen LogP contribution in [-0.4, -0.2) is 30.1 Å². The van der Waals surface area contributed by atoms with E-state index in [0.29, 0.717) is 12.4 Å². The van der Waals surface area contributed by atoms with Crippen LogP contribution in [0.1, 0.15) is 16.1 Å². The van der Waals surface area contributed by atoms with Crippen molar-refractivity contribution in [3.63, 3.8) is 0 Å². The molecule has 1 aromatic carbocycles. The lowest BCUT2D eigenvalue weighted by Gasteiger charge is -2.18. The highest BCUT2D eigenvalue weighted by atomic mass is 19.1. The zero-order valence-corrected chi connectivity index (χ0v) is 11.2. The molecule has 0 unspecified atom stereocenters. The molecule has 0 fully saturated rings. The van der Waals surface area contributed by atoms with Gasteiger partial charge in [-0.3, -0.25) is 4.98 Å². The second-order valence-electron chi connectivity index (χ2n) is 4.24. The maximum atomic E-state index is 13.1. The smallest absolute Gasteiger partial charge is 0.358 e. The van der Waals surface area contributed by atoms with Crippen LogP contribution in [0.2, 0.25) is 0 Å². The van der Waals surface area contributed by atoms with Crippen molar-refractivity contribution in [1.82, 2.24) is 9.97 Å². The number of aromatic nitrogens is 2. The minimum atomic E-state index is -0.543. The Labute approximate surface area is 116 Å². The van der Waals surface area contributed by atoms with Gasteiger partial charge in [0.05, 0.1) is 19.5 Å². The maximum absolute atomic E-state index is 13.1. The molecule has 0 N–H and O–H groups in total. The second-order valence-corrected chi connectivity index (χ2v) is 4.24. The monoisotopic (exact) mass is 275 g/mol. The second kappa shape index (κ2) is 6.10. The molecule has 1 heterocycles. The summed E-state index contributed by atoms with van der Waals surface area (Å²) in [4.78, 5) is 21.3. The SMILES string of the molecule is COC(=O)c1cncc(N(C)Cc2cccc(F)c2)n1. The van der Waals surface area contributed by atoms with Crippen LogP contribution in [0.4, 0.5) is 10.2 Å². The normalized spacial score (nSPS) is 10.2. The molecule has 5 nitrogen and oxygen atoms in total. The number of ether oxygens (including phenoxy) is 1. The zero-order chi connectivity index (χ0) is 14.5. The Bertz CT molecular complexity index is 619. The third kappa shape index (κ3) is 3.28. The van der Waals surface area contributed by atoms with E-state index in [9.17, 15) is 9.18 Å². The summed E-state index contributed by atoms with van der Waals surface area (Å²) in [5, 5.41) is 0. The molecular weight excluding hydrogens is 261 g/mol. The van der Waals surface area contributed by atoms with E-state index in [2.05, 4.69) is 14.7 Å². The number of nitrogens with zero attached hydrogens (tertiary/aromatic N) is 3. The number of carbonyl (C=O) groups excluding carboxylic acids is 1. The van der Waals surface area contributed by atoms with Gasteiger partial charge in [0.1, 0.15) is 11.6 Å². The highest BCUT2D eigenvalue weighted by Gasteiger charge is 2.11. The molecule has 1 aromatic heterocycles. The molecule has 104 valence electrons. The lowest BCUT2D eigenvalue weighted by atomic mass is 10.2. The number of anilines is 1. The van der Waals surface area contributed by atoms with Crippen LogP contribution in [0.15, 0.2) is 36.7 Å². The molecule has 0 radical (unpaired) electrons. The Balaban J connectivity index is 2.17. The largest absolute Gasteiger partial charge is 0.464 e. The maximum Gasteiger partial charge on any atom is 0.358 e. The molecule has 0 aliphatic carbocycles. The van der Waals surface area contributed by atoms with Crippen molar-refractivity contribution < 1.29 is 13.9 Å². The van der Waals surface area contributed by atoms with Gasteiger partial charge in [-0.2, -0.15) is 0 Å². The zero-order valence-electron chi connectivity index (χ0n) is 11.2. The summed E-state index contributed by atoms with van der Waals surface area (Å²) in [5.41, 5.74) is 0.939. The number of esters is 1. The minimum Gasteiger partial charge on any atom is -0.464 e. The third-order valence-electron chi connectivity index (χ3n) is 2.72. The fourth-order valence-corrected chi connectivity index (χ4v) is 1.73. The van der Waals surface area contributed by atoms with Crippen LogP contribution in [-0.2, 0) is 11.3 Å². The van der Waals surface area contributed by atoms with Gasteiger partial charge in [0.25, 0.3) is 0 Å². The topological polar surface area (TPSA) is 55.3 Å². The van der Waals surface area contributed by atoms with Crippen LogP contribution in [0, 0.1) is 5.82 Å². The highest BCUT2D eigenvalue weighted by Crippen LogP contribution is 2.13. The first-order valence-electron chi connectivity index (χ1n) is 5.96. The summed E-state index contributed by atoms with van der Waals surface area (Å²) in [7, 11) is 3.07. The van der Waals surface area contributed by atoms with E-state index in [0.717, 1.165) is 5.56 Å². The van der Waals surface area contributed by atoms with Crippen LogP contribution < -0.4 is 4.90 Å². The molecule has 2 aromatic rings. The van der Waals surface area contributed by atoms with Crippen molar-refractivity contribution in [3.05, 3.63) is 53.7 Å². The van der Waals surface area contributed by atoms with Gasteiger partial charge in [0, 0.05) is 13.6 Å². The summed E-state index contributed by atoms with van der Waals surface area (Å²) < 4.78 is 17.7. The molecule has 2 rings (SSSR count). The fourth-order valence-electron chi connectivity index (χ4n) is 1.73. The lowest BCUT2D eigenvalue weighted by Crippen LogP contribution is -2.19. The molecule has 0 aliphatic rings. The predicted octanol–water partition coefficient (Wildman–Crippen LogP) is 2.04. The van der Waals surface area contributed by atoms with Gasteiger partial charge >= 0.3 is 5.97 Å². The summed E-state index contributed by atoms with van der Waals surface area (Å²) in [5.74, 6) is -0.319. The van der Waals surface area contributed by atoms with E-state index >= 15 is 0 Å². The molecule has 0 spiro atoms. The molecule has 0 bridgehead atoms. The molecule has 0 aliphatic heterocycles. The highest BCUT2D eigenvalue weighted by molar-refractivity contribution is 5.87. The summed E-state index contributed by atoms with van der Waals surface area (Å²) >= 11 is 0. The number of methoxy groups -OCH3 is 1. The Morgan fingerprint density at radius 2 is 2.20 bits per heavy atom. The Kier molecular flexibility index (Phi) is 4.24. The van der Waals surface area contributed by atoms with Crippen LogP contribution >= 0.6 is 0 Å². The lowest BCUT2D eigenvalue weighted by molar-refractivity contribution is 0.0593. The van der Waals surface area contributed by atoms with Crippen LogP contribution in [0.25, 0.3) is 0 Å². The average molecular weight is 275 g/mol. The first-order valence-corrected chi connectivity index (χ1v) is 5.96. The first kappa shape index (κ1) is 13.9. The van der Waals surface area contributed by atoms with Gasteiger partial charge in [-0.1, -0.05) is 12.1 Å². The molecule has 0 saturated carbocycles. The third-order valence-corrected chi connectivity index (χ3v) is 2.72. The van der Waals surface area contributed by atoms with E-state index in [1.54, 1.807) is 18.0 Å². The van der Waals surface area contributed by atoms with Crippen LogP contribution in [0.5, 0.6) is 0 Å². The number of carbonyl (C=O) groups is 1. The fraction of sp³-hybridized carbons (Fsp3) is 0.214. The standard InChI is InChI=1S/C14H14FN3O2/c1-18(9-10-4-3-5-11(15)6-10)13-8-16-7-12(17-13)14(19)20-2/h3-8H,9H2,1-2H3. The average Bonchev–Trinajstić information content (AvgIpc) is 2.46. The Morgan fingerprint density at radius 3 is 2.90 bits per heavy atom. The minimum absolute atomic E-state index is 0.135. The molecule has 0 saturated heterocycles. The number of hydrogen-bond donors (Lipinski definition) is 0. The number of hydrogen-bond acceptors (Lipinski definition) is 5. The molecule has 20 heavy (non-hydrogen) atoms. The van der Waals surface area contributed by atoms with E-state index in [1.807, 2.05) is 6.07 Å². The van der Waals surface area contributed by atoms with Crippen LogP contribution in [0.3, 0.4) is 0 Å². The quantitative estimate of drug-likeness (QED) is 0.799. The Morgan fingerprint density at radius 1 is 1.40 bits per heavy atom. The molecule has 0 atom stereocenters. The van der Waals surface area contributed by atoms with Gasteiger partial charge in [-0.15, -0.1) is 0 Å². The van der Waals surface area contributed by atoms with Crippen molar-refractivity contribution in [2.75, 3.05) is 19.1 Å². The molecular formula is C14H14FN3O2. The van der Waals surface area contributed by atoms with Crippen molar-refractivity contribution in [2.24, 2.45) is 0 Å². The van der Waals surface area contributed by atoms with Crippen molar-refractivity contribution in [2.45, 2.75) is 6.54 Å². The number of benzene rings is 1. The molecule has 0 amide bonds. The summed E-state index contributed by atoms with van der Waals surface area (Å²) in [6.07, 6.45) is 2.87. The van der Waals surface area contributed by atoms with E-state index < -0.39 is 5.97 Å². The number of rotatable bonds is 4. The van der Waals surface area contributed by atoms with Gasteiger partial charge in [0.15, 0.2) is 5.69 Å². The molecule has 6 heteroatoms. The number of halogens is 1. The van der Waals surface area contributed by atoms with Gasteiger partial charge in [-0.05, 0) is 17.7 Å². The van der Waals surface area contributed by atoms with Crippen molar-refractivity contribution in [1.29, 1.82) is 0 Å². The first-order chi connectivity index (χ1) is 9.60.